The van der Waals surface area contributed by atoms with Crippen molar-refractivity contribution in [1.29, 1.82) is 0 Å². The molecule has 3 aromatic carbocycles. The molecule has 0 unspecified atom stereocenters. The number of anilines is 1. The third-order valence-corrected chi connectivity index (χ3v) is 6.52. The predicted octanol–water partition coefficient (Wildman–Crippen LogP) is 6.53. The molecule has 9 heteroatoms. The van der Waals surface area contributed by atoms with Crippen LogP contribution in [0, 0.1) is 18.6 Å². The Morgan fingerprint density at radius 1 is 0.732 bits per heavy atom. The Kier molecular flexibility index (Phi) is 6.60. The Balaban J connectivity index is 1.52. The Morgan fingerprint density at radius 3 is 2.02 bits per heavy atom. The van der Waals surface area contributed by atoms with Crippen molar-refractivity contribution in [2.45, 2.75) is 6.92 Å². The topological polar surface area (TPSA) is 80.5 Å². The molecule has 6 rings (SSSR count). The van der Waals surface area contributed by atoms with Gasteiger partial charge in [-0.1, -0.05) is 23.8 Å². The van der Waals surface area contributed by atoms with Gasteiger partial charge < -0.3 is 0 Å². The largest absolute Gasteiger partial charge is 0.268 e. The van der Waals surface area contributed by atoms with Crippen LogP contribution in [0.3, 0.4) is 0 Å². The normalized spacial score (nSPS) is 11.0. The molecule has 0 saturated heterocycles. The van der Waals surface area contributed by atoms with Gasteiger partial charge in [0, 0.05) is 34.6 Å². The molecule has 0 bridgehead atoms. The lowest BCUT2D eigenvalue weighted by atomic mass is 10.0. The van der Waals surface area contributed by atoms with E-state index in [9.17, 15) is 18.4 Å². The smallest absolute Gasteiger partial charge is 0.266 e. The zero-order valence-electron chi connectivity index (χ0n) is 21.7. The van der Waals surface area contributed by atoms with Crippen LogP contribution in [0.15, 0.2) is 109 Å². The number of carbonyl (C=O) groups is 2. The van der Waals surface area contributed by atoms with E-state index in [4.69, 9.17) is 4.98 Å². The van der Waals surface area contributed by atoms with E-state index in [0.717, 1.165) is 40.3 Å². The number of halogens is 2. The fourth-order valence-corrected chi connectivity index (χ4v) is 4.57. The number of imidazole rings is 1. The highest BCUT2D eigenvalue weighted by Crippen LogP contribution is 2.34. The molecule has 3 aromatic heterocycles. The average molecular weight is 546 g/mol. The molecule has 0 N–H and O–H groups in total. The fourth-order valence-electron chi connectivity index (χ4n) is 4.57. The molecule has 0 aliphatic carbocycles. The minimum Gasteiger partial charge on any atom is -0.268 e. The molecular formula is C32H21F2N5O2. The number of amides is 2. The number of benzene rings is 3. The quantitative estimate of drug-likeness (QED) is 0.230. The van der Waals surface area contributed by atoms with E-state index in [1.54, 1.807) is 28.9 Å². The summed E-state index contributed by atoms with van der Waals surface area (Å²) >= 11 is 0. The van der Waals surface area contributed by atoms with Crippen molar-refractivity contribution in [3.8, 4) is 22.5 Å². The molecule has 200 valence electrons. The first-order valence-corrected chi connectivity index (χ1v) is 12.7. The van der Waals surface area contributed by atoms with Crippen LogP contribution < -0.4 is 4.90 Å². The van der Waals surface area contributed by atoms with Crippen LogP contribution in [0.4, 0.5) is 14.6 Å². The van der Waals surface area contributed by atoms with Crippen molar-refractivity contribution in [3.05, 3.63) is 138 Å². The molecule has 41 heavy (non-hydrogen) atoms. The maximum atomic E-state index is 13.7. The summed E-state index contributed by atoms with van der Waals surface area (Å²) in [6.45, 7) is 1.99. The van der Waals surface area contributed by atoms with Gasteiger partial charge in [0.15, 0.2) is 5.65 Å². The van der Waals surface area contributed by atoms with Gasteiger partial charge in [-0.25, -0.2) is 28.2 Å². The molecule has 0 atom stereocenters. The number of nitrogens with zero attached hydrogens (tertiary/aromatic N) is 5. The molecule has 0 saturated carbocycles. The van der Waals surface area contributed by atoms with E-state index >= 15 is 0 Å². The highest BCUT2D eigenvalue weighted by atomic mass is 19.1. The van der Waals surface area contributed by atoms with E-state index in [-0.39, 0.29) is 16.9 Å². The molecule has 0 spiro atoms. The lowest BCUT2D eigenvalue weighted by Crippen LogP contribution is -2.37. The van der Waals surface area contributed by atoms with Gasteiger partial charge in [0.2, 0.25) is 0 Å². The number of fused-ring (bicyclic) bond motifs is 1. The predicted molar refractivity (Wildman–Crippen MR) is 150 cm³/mol. The highest BCUT2D eigenvalue weighted by molar-refractivity contribution is 6.25. The van der Waals surface area contributed by atoms with Crippen LogP contribution in [0.1, 0.15) is 26.3 Å². The Bertz CT molecular complexity index is 1860. The first-order valence-electron chi connectivity index (χ1n) is 12.7. The summed E-state index contributed by atoms with van der Waals surface area (Å²) in [5.41, 5.74) is 4.57. The Hall–Kier alpha value is -5.57. The maximum absolute atomic E-state index is 13.7. The zero-order chi connectivity index (χ0) is 28.5. The number of carbonyl (C=O) groups excluding carboxylic acids is 2. The third-order valence-electron chi connectivity index (χ3n) is 6.52. The van der Waals surface area contributed by atoms with Crippen LogP contribution in [0.25, 0.3) is 28.2 Å². The Labute approximate surface area is 233 Å². The van der Waals surface area contributed by atoms with Crippen LogP contribution in [0.5, 0.6) is 0 Å². The zero-order valence-corrected chi connectivity index (χ0v) is 21.7. The summed E-state index contributed by atoms with van der Waals surface area (Å²) in [4.78, 5) is 37.5. The van der Waals surface area contributed by atoms with Gasteiger partial charge in [0.05, 0.1) is 5.69 Å². The molecule has 2 amide bonds. The van der Waals surface area contributed by atoms with Gasteiger partial charge in [-0.2, -0.15) is 5.10 Å². The molecular weight excluding hydrogens is 524 g/mol. The van der Waals surface area contributed by atoms with Gasteiger partial charge >= 0.3 is 0 Å². The molecule has 7 nitrogen and oxygen atoms in total. The van der Waals surface area contributed by atoms with Crippen LogP contribution >= 0.6 is 0 Å². The van der Waals surface area contributed by atoms with E-state index in [2.05, 4.69) is 10.1 Å². The second kappa shape index (κ2) is 10.5. The molecule has 0 radical (unpaired) electrons. The van der Waals surface area contributed by atoms with E-state index in [1.807, 2.05) is 37.3 Å². The molecule has 6 aromatic rings. The summed E-state index contributed by atoms with van der Waals surface area (Å²) in [6, 6.07) is 24.5. The highest BCUT2D eigenvalue weighted by Gasteiger charge is 2.28. The summed E-state index contributed by atoms with van der Waals surface area (Å²) in [7, 11) is 0. The van der Waals surface area contributed by atoms with Crippen molar-refractivity contribution in [2.24, 2.45) is 0 Å². The molecule has 0 fully saturated rings. The van der Waals surface area contributed by atoms with Gasteiger partial charge in [-0.05, 0) is 85.8 Å². The average Bonchev–Trinajstić information content (AvgIpc) is 3.38. The van der Waals surface area contributed by atoms with Crippen molar-refractivity contribution in [2.75, 3.05) is 4.90 Å². The number of imide groups is 1. The van der Waals surface area contributed by atoms with Crippen LogP contribution in [-0.2, 0) is 0 Å². The Morgan fingerprint density at radius 2 is 1.39 bits per heavy atom. The molecule has 0 aliphatic heterocycles. The monoisotopic (exact) mass is 545 g/mol. The van der Waals surface area contributed by atoms with Crippen LogP contribution in [-0.4, -0.2) is 31.4 Å². The number of rotatable bonds is 5. The second-order valence-electron chi connectivity index (χ2n) is 9.33. The molecule has 0 aliphatic rings. The van der Waals surface area contributed by atoms with Gasteiger partial charge in [0.1, 0.15) is 23.1 Å². The minimum absolute atomic E-state index is 0.0206. The number of hydrogen-bond acceptors (Lipinski definition) is 5. The SMILES string of the molecule is Cc1cccc(-c2nc3cccnn3c2-c2ccnc(N(C(=O)c3ccc(F)cc3)C(=O)c3ccc(F)cc3)c2)c1. The minimum atomic E-state index is -0.723. The van der Waals surface area contributed by atoms with Crippen molar-refractivity contribution >= 4 is 23.3 Å². The van der Waals surface area contributed by atoms with Crippen molar-refractivity contribution in [3.63, 3.8) is 0 Å². The standard InChI is InChI=1S/C32H21F2N5O2/c1-20-4-2-5-23(18-20)29-30(39-27(37-29)6-3-16-36-39)24-15-17-35-28(19-24)38(31(40)21-7-11-25(33)12-8-21)32(41)22-9-13-26(34)14-10-22/h2-19H,1H3. The van der Waals surface area contributed by atoms with Crippen molar-refractivity contribution in [1.82, 2.24) is 19.6 Å². The lowest BCUT2D eigenvalue weighted by Gasteiger charge is -2.21. The van der Waals surface area contributed by atoms with Crippen molar-refractivity contribution < 1.29 is 18.4 Å². The number of aromatic nitrogens is 4. The summed E-state index contributed by atoms with van der Waals surface area (Å²) in [5.74, 6) is -2.48. The van der Waals surface area contributed by atoms with E-state index < -0.39 is 23.4 Å². The summed E-state index contributed by atoms with van der Waals surface area (Å²) in [5, 5.41) is 4.50. The number of pyridine rings is 1. The number of aryl methyl sites for hydroxylation is 1. The van der Waals surface area contributed by atoms with Gasteiger partial charge in [-0.3, -0.25) is 9.59 Å². The summed E-state index contributed by atoms with van der Waals surface area (Å²) < 4.78 is 28.9. The van der Waals surface area contributed by atoms with E-state index in [0.29, 0.717) is 22.6 Å². The molecule has 3 heterocycles. The maximum Gasteiger partial charge on any atom is 0.266 e. The van der Waals surface area contributed by atoms with Gasteiger partial charge in [0.25, 0.3) is 11.8 Å². The summed E-state index contributed by atoms with van der Waals surface area (Å²) in [6.07, 6.45) is 3.12. The first-order chi connectivity index (χ1) is 19.9. The fraction of sp³-hybridized carbons (Fsp3) is 0.0312. The van der Waals surface area contributed by atoms with Gasteiger partial charge in [-0.15, -0.1) is 0 Å². The third kappa shape index (κ3) is 4.96. The number of hydrogen-bond donors (Lipinski definition) is 0. The first kappa shape index (κ1) is 25.7. The second-order valence-corrected chi connectivity index (χ2v) is 9.33. The van der Waals surface area contributed by atoms with E-state index in [1.165, 1.54) is 30.5 Å². The lowest BCUT2D eigenvalue weighted by molar-refractivity contribution is 0.0896. The van der Waals surface area contributed by atoms with Crippen LogP contribution in [0.2, 0.25) is 0 Å².